The first-order chi connectivity index (χ1) is 18.4. The number of benzene rings is 1. The molecule has 8 nitrogen and oxygen atoms in total. The zero-order valence-electron chi connectivity index (χ0n) is 21.8. The second-order valence-electron chi connectivity index (χ2n) is 9.62. The topological polar surface area (TPSA) is 76.5 Å². The number of hydrogen-bond donors (Lipinski definition) is 0. The first-order valence-corrected chi connectivity index (χ1v) is 13.5. The van der Waals surface area contributed by atoms with Gasteiger partial charge in [0.05, 0.1) is 49.3 Å². The SMILES string of the molecule is COC(=O)C[C@H]1[C@H](C)C(C(F)(F)F)=NN1c1ccc(O[C@@H]2CCN(c3cc(OC)ncc3Cl)C[C@@H]2C)cc1Br. The Morgan fingerprint density at radius 3 is 2.56 bits per heavy atom. The van der Waals surface area contributed by atoms with Crippen molar-refractivity contribution in [3.05, 3.63) is 40.0 Å². The number of piperidine rings is 1. The minimum Gasteiger partial charge on any atom is -0.490 e. The number of ether oxygens (including phenoxy) is 3. The van der Waals surface area contributed by atoms with Gasteiger partial charge in [-0.05, 0) is 34.1 Å². The molecule has 4 atom stereocenters. The minimum absolute atomic E-state index is 0.0877. The number of hydrazone groups is 1. The van der Waals surface area contributed by atoms with Crippen LogP contribution < -0.4 is 19.4 Å². The fraction of sp³-hybridized carbons (Fsp3) is 0.500. The van der Waals surface area contributed by atoms with Crippen LogP contribution in [0.25, 0.3) is 0 Å². The first-order valence-electron chi connectivity index (χ1n) is 12.3. The summed E-state index contributed by atoms with van der Waals surface area (Å²) >= 11 is 9.85. The van der Waals surface area contributed by atoms with E-state index >= 15 is 0 Å². The lowest BCUT2D eigenvalue weighted by molar-refractivity contribution is -0.141. The van der Waals surface area contributed by atoms with Gasteiger partial charge < -0.3 is 19.1 Å². The maximum Gasteiger partial charge on any atom is 0.431 e. The Kier molecular flexibility index (Phi) is 8.85. The summed E-state index contributed by atoms with van der Waals surface area (Å²) in [6, 6.07) is 6.01. The second-order valence-corrected chi connectivity index (χ2v) is 10.9. The molecule has 2 aliphatic heterocycles. The summed E-state index contributed by atoms with van der Waals surface area (Å²) in [5.74, 6) is -0.435. The first kappa shape index (κ1) is 29.3. The van der Waals surface area contributed by atoms with Crippen LogP contribution >= 0.6 is 27.5 Å². The average molecular weight is 634 g/mol. The molecule has 0 N–H and O–H groups in total. The zero-order chi connectivity index (χ0) is 28.5. The van der Waals surface area contributed by atoms with Crippen LogP contribution in [0.2, 0.25) is 5.02 Å². The maximum atomic E-state index is 13.6. The average Bonchev–Trinajstić information content (AvgIpc) is 3.21. The normalized spacial score (nSPS) is 23.5. The quantitative estimate of drug-likeness (QED) is 0.341. The molecule has 0 saturated carbocycles. The molecule has 1 aromatic heterocycles. The van der Waals surface area contributed by atoms with E-state index in [1.54, 1.807) is 31.5 Å². The van der Waals surface area contributed by atoms with Crippen molar-refractivity contribution in [2.75, 3.05) is 37.2 Å². The zero-order valence-corrected chi connectivity index (χ0v) is 24.2. The molecule has 212 valence electrons. The number of carbonyl (C=O) groups is 1. The summed E-state index contributed by atoms with van der Waals surface area (Å²) in [5.41, 5.74) is 0.309. The van der Waals surface area contributed by atoms with Crippen LogP contribution in [-0.2, 0) is 9.53 Å². The van der Waals surface area contributed by atoms with E-state index in [1.807, 2.05) is 6.07 Å². The highest BCUT2D eigenvalue weighted by Gasteiger charge is 2.49. The van der Waals surface area contributed by atoms with Crippen molar-refractivity contribution < 1.29 is 32.2 Å². The van der Waals surface area contributed by atoms with Gasteiger partial charge in [-0.1, -0.05) is 25.4 Å². The highest BCUT2D eigenvalue weighted by molar-refractivity contribution is 9.10. The molecule has 0 amide bonds. The van der Waals surface area contributed by atoms with Crippen molar-refractivity contribution in [1.29, 1.82) is 0 Å². The van der Waals surface area contributed by atoms with Crippen LogP contribution in [0, 0.1) is 11.8 Å². The summed E-state index contributed by atoms with van der Waals surface area (Å²) in [7, 11) is 2.76. The molecule has 1 saturated heterocycles. The summed E-state index contributed by atoms with van der Waals surface area (Å²) in [4.78, 5) is 18.3. The van der Waals surface area contributed by atoms with Crippen molar-refractivity contribution in [2.45, 2.75) is 45.0 Å². The number of nitrogens with zero attached hydrogens (tertiary/aromatic N) is 4. The predicted molar refractivity (Wildman–Crippen MR) is 146 cm³/mol. The molecular formula is C26H29BrClF3N4O4. The molecule has 39 heavy (non-hydrogen) atoms. The number of methoxy groups -OCH3 is 2. The smallest absolute Gasteiger partial charge is 0.431 e. The van der Waals surface area contributed by atoms with Crippen LogP contribution in [-0.4, -0.2) is 62.3 Å². The molecule has 4 rings (SSSR count). The monoisotopic (exact) mass is 632 g/mol. The summed E-state index contributed by atoms with van der Waals surface area (Å²) in [6.07, 6.45) is -2.65. The van der Waals surface area contributed by atoms with E-state index in [1.165, 1.54) is 19.0 Å². The Morgan fingerprint density at radius 2 is 1.95 bits per heavy atom. The molecule has 0 aliphatic carbocycles. The molecule has 0 radical (unpaired) electrons. The van der Waals surface area contributed by atoms with Gasteiger partial charge in [-0.2, -0.15) is 18.3 Å². The standard InChI is InChI=1S/C26H29BrClF3N4O4/c1-14-13-34(21-10-23(37-3)32-12-18(21)28)8-7-22(14)39-16-5-6-19(17(27)9-16)35-20(11-24(36)38-4)15(2)25(33-35)26(29,30)31/h5-6,9-10,12,14-15,20,22H,7-8,11,13H2,1-4H3/t14-,15-,20-,22+/m0/s1. The van der Waals surface area contributed by atoms with E-state index in [4.69, 9.17) is 25.8 Å². The third-order valence-corrected chi connectivity index (χ3v) is 8.00. The van der Waals surface area contributed by atoms with Crippen LogP contribution in [0.5, 0.6) is 11.6 Å². The number of aromatic nitrogens is 1. The van der Waals surface area contributed by atoms with E-state index in [0.717, 1.165) is 12.1 Å². The van der Waals surface area contributed by atoms with E-state index in [9.17, 15) is 18.0 Å². The molecular weight excluding hydrogens is 605 g/mol. The van der Waals surface area contributed by atoms with Crippen molar-refractivity contribution in [3.8, 4) is 11.6 Å². The number of hydrogen-bond acceptors (Lipinski definition) is 8. The van der Waals surface area contributed by atoms with E-state index in [-0.39, 0.29) is 18.4 Å². The Morgan fingerprint density at radius 1 is 1.21 bits per heavy atom. The highest BCUT2D eigenvalue weighted by atomic mass is 79.9. The van der Waals surface area contributed by atoms with Gasteiger partial charge in [0.1, 0.15) is 17.6 Å². The number of halogens is 5. The predicted octanol–water partition coefficient (Wildman–Crippen LogP) is 6.11. The second kappa shape index (κ2) is 11.8. The van der Waals surface area contributed by atoms with E-state index in [2.05, 4.69) is 37.8 Å². The van der Waals surface area contributed by atoms with Gasteiger partial charge in [-0.15, -0.1) is 0 Å². The number of pyridine rings is 1. The fourth-order valence-electron chi connectivity index (χ4n) is 4.94. The molecule has 0 unspecified atom stereocenters. The Hall–Kier alpha value is -2.73. The lowest BCUT2D eigenvalue weighted by atomic mass is 9.94. The van der Waals surface area contributed by atoms with E-state index < -0.39 is 29.8 Å². The molecule has 2 aromatic rings. The van der Waals surface area contributed by atoms with Crippen molar-refractivity contribution in [2.24, 2.45) is 16.9 Å². The van der Waals surface area contributed by atoms with Crippen LogP contribution in [0.1, 0.15) is 26.7 Å². The van der Waals surface area contributed by atoms with Gasteiger partial charge in [0, 0.05) is 41.9 Å². The molecule has 0 bridgehead atoms. The lowest BCUT2D eigenvalue weighted by Gasteiger charge is -2.38. The summed E-state index contributed by atoms with van der Waals surface area (Å²) < 4.78 is 57.6. The Bertz CT molecular complexity index is 1250. The maximum absolute atomic E-state index is 13.6. The number of rotatable bonds is 7. The van der Waals surface area contributed by atoms with Crippen LogP contribution in [0.4, 0.5) is 24.5 Å². The van der Waals surface area contributed by atoms with Gasteiger partial charge in [0.15, 0.2) is 0 Å². The van der Waals surface area contributed by atoms with E-state index in [0.29, 0.717) is 39.9 Å². The van der Waals surface area contributed by atoms with Crippen LogP contribution in [0.15, 0.2) is 40.0 Å². The van der Waals surface area contributed by atoms with Crippen molar-refractivity contribution in [3.63, 3.8) is 0 Å². The minimum atomic E-state index is -4.62. The van der Waals surface area contributed by atoms with Gasteiger partial charge in [0.25, 0.3) is 0 Å². The van der Waals surface area contributed by atoms with Gasteiger partial charge in [-0.3, -0.25) is 9.80 Å². The molecule has 13 heteroatoms. The van der Waals surface area contributed by atoms with Gasteiger partial charge in [0.2, 0.25) is 5.88 Å². The summed E-state index contributed by atoms with van der Waals surface area (Å²) in [6.45, 7) is 4.90. The largest absolute Gasteiger partial charge is 0.490 e. The lowest BCUT2D eigenvalue weighted by Crippen LogP contribution is -2.44. The van der Waals surface area contributed by atoms with Gasteiger partial charge >= 0.3 is 12.1 Å². The van der Waals surface area contributed by atoms with Crippen molar-refractivity contribution >= 4 is 50.6 Å². The third kappa shape index (κ3) is 6.37. The number of alkyl halides is 3. The van der Waals surface area contributed by atoms with Gasteiger partial charge in [-0.25, -0.2) is 4.98 Å². The number of carbonyl (C=O) groups excluding carboxylic acids is 1. The Balaban J connectivity index is 1.49. The summed E-state index contributed by atoms with van der Waals surface area (Å²) in [5, 5.41) is 5.65. The third-order valence-electron chi connectivity index (χ3n) is 7.07. The highest BCUT2D eigenvalue weighted by Crippen LogP contribution is 2.41. The molecule has 1 fully saturated rings. The molecule has 2 aliphatic rings. The molecule has 1 aromatic carbocycles. The number of anilines is 2. The molecule has 3 heterocycles. The number of esters is 1. The van der Waals surface area contributed by atoms with Crippen molar-refractivity contribution in [1.82, 2.24) is 4.98 Å². The van der Waals surface area contributed by atoms with Crippen LogP contribution in [0.3, 0.4) is 0 Å². The Labute approximate surface area is 238 Å². The molecule has 0 spiro atoms. The fourth-order valence-corrected chi connectivity index (χ4v) is 5.71.